The molecule has 1 atom stereocenters. The number of fused-ring (bicyclic) bond motifs is 2. The first-order valence-corrected chi connectivity index (χ1v) is 13.2. The first kappa shape index (κ1) is 25.3. The number of pyridine rings is 1. The van der Waals surface area contributed by atoms with Gasteiger partial charge in [0.2, 0.25) is 0 Å². The van der Waals surface area contributed by atoms with Crippen LogP contribution < -0.4 is 15.5 Å². The molecule has 0 bridgehead atoms. The van der Waals surface area contributed by atoms with Crippen molar-refractivity contribution in [2.24, 2.45) is 0 Å². The number of imidazole rings is 1. The number of hydrogen-bond acceptors (Lipinski definition) is 8. The van der Waals surface area contributed by atoms with Crippen molar-refractivity contribution in [3.63, 3.8) is 0 Å². The third-order valence-corrected chi connectivity index (χ3v) is 8.62. The van der Waals surface area contributed by atoms with Gasteiger partial charge < -0.3 is 25.2 Å². The fourth-order valence-corrected chi connectivity index (χ4v) is 5.45. The zero-order valence-electron chi connectivity index (χ0n) is 23.0. The number of benzene rings is 1. The van der Waals surface area contributed by atoms with Gasteiger partial charge in [-0.1, -0.05) is 6.07 Å². The third kappa shape index (κ3) is 4.20. The molecule has 39 heavy (non-hydrogen) atoms. The number of morpholine rings is 1. The van der Waals surface area contributed by atoms with Crippen LogP contribution >= 0.6 is 0 Å². The fourth-order valence-electron chi connectivity index (χ4n) is 5.45. The van der Waals surface area contributed by atoms with E-state index in [4.69, 9.17) is 9.72 Å². The molecule has 2 N–H and O–H groups in total. The smallest absolute Gasteiger partial charge is 0.254 e. The van der Waals surface area contributed by atoms with E-state index >= 15 is 0 Å². The van der Waals surface area contributed by atoms with Gasteiger partial charge in [0.15, 0.2) is 5.65 Å². The van der Waals surface area contributed by atoms with Crippen LogP contribution in [0.4, 0.5) is 17.2 Å². The number of amides is 1. The van der Waals surface area contributed by atoms with Crippen molar-refractivity contribution in [2.75, 3.05) is 44.0 Å². The van der Waals surface area contributed by atoms with Gasteiger partial charge in [0.25, 0.3) is 5.91 Å². The quantitative estimate of drug-likeness (QED) is 0.392. The van der Waals surface area contributed by atoms with E-state index in [0.29, 0.717) is 24.5 Å². The second-order valence-electron chi connectivity index (χ2n) is 11.1. The summed E-state index contributed by atoms with van der Waals surface area (Å²) in [4.78, 5) is 30.7. The number of rotatable bonds is 6. The number of likely N-dealkylation sites (N-methyl/N-ethyl adjacent to an activating group) is 1. The lowest BCUT2D eigenvalue weighted by atomic mass is 9.81. The predicted molar refractivity (Wildman–Crippen MR) is 151 cm³/mol. The van der Waals surface area contributed by atoms with Gasteiger partial charge >= 0.3 is 0 Å². The lowest BCUT2D eigenvalue weighted by Gasteiger charge is -2.52. The molecule has 10 heteroatoms. The van der Waals surface area contributed by atoms with Crippen LogP contribution in [0.2, 0.25) is 0 Å². The highest BCUT2D eigenvalue weighted by molar-refractivity contribution is 6.06. The van der Waals surface area contributed by atoms with Crippen LogP contribution in [0.25, 0.3) is 16.9 Å². The number of carbonyl (C=O) groups excluding carboxylic acids is 1. The molecule has 3 aromatic heterocycles. The van der Waals surface area contributed by atoms with Crippen LogP contribution in [0.3, 0.4) is 0 Å². The number of carbonyl (C=O) groups is 1. The van der Waals surface area contributed by atoms with E-state index in [2.05, 4.69) is 71.3 Å². The van der Waals surface area contributed by atoms with Crippen molar-refractivity contribution >= 4 is 28.7 Å². The Bertz CT molecular complexity index is 1540. The Labute approximate surface area is 228 Å². The lowest BCUT2D eigenvalue weighted by molar-refractivity contribution is -0.124. The Morgan fingerprint density at radius 1 is 1.13 bits per heavy atom. The molecule has 0 radical (unpaired) electrons. The summed E-state index contributed by atoms with van der Waals surface area (Å²) in [7, 11) is 4.18. The molecule has 0 saturated carbocycles. The first-order valence-electron chi connectivity index (χ1n) is 13.2. The standard InChI is InChI=1S/C29H34N8O2/c1-28(2,35(4)5)29(3)18-36(12-13-39-29)19-6-9-24(31-14-19)34-22-8-7-20(21-15-33-27(38)26(21)22)23-16-32-25-17-30-10-11-37(23)25/h6-11,14,16-17H,12-13,15,18H2,1-5H3,(H,31,34)(H,33,38)/t29-/m0/s1. The number of ether oxygens (including phenoxy) is 1. The van der Waals surface area contributed by atoms with E-state index < -0.39 is 0 Å². The molecular weight excluding hydrogens is 492 g/mol. The highest BCUT2D eigenvalue weighted by atomic mass is 16.5. The second-order valence-corrected chi connectivity index (χ2v) is 11.1. The second kappa shape index (κ2) is 9.32. The summed E-state index contributed by atoms with van der Waals surface area (Å²) in [5.74, 6) is 0.580. The molecule has 1 saturated heterocycles. The van der Waals surface area contributed by atoms with Gasteiger partial charge in [-0.2, -0.15) is 0 Å². The van der Waals surface area contributed by atoms with Crippen LogP contribution in [0.5, 0.6) is 0 Å². The molecule has 1 amide bonds. The van der Waals surface area contributed by atoms with Gasteiger partial charge in [-0.15, -0.1) is 0 Å². The molecule has 0 aliphatic carbocycles. The van der Waals surface area contributed by atoms with E-state index in [1.54, 1.807) is 12.4 Å². The van der Waals surface area contributed by atoms with E-state index in [-0.39, 0.29) is 17.0 Å². The van der Waals surface area contributed by atoms with Gasteiger partial charge in [0.05, 0.1) is 47.8 Å². The molecule has 202 valence electrons. The SMILES string of the molecule is CN(C)C(C)(C)[C@]1(C)CN(c2ccc(Nc3ccc(-c4cnc5cnccn45)c4c3C(=O)NC4)nc2)CCO1. The van der Waals surface area contributed by atoms with Crippen LogP contribution in [0.1, 0.15) is 36.7 Å². The molecule has 0 unspecified atom stereocenters. The molecule has 2 aliphatic heterocycles. The summed E-state index contributed by atoms with van der Waals surface area (Å²) in [5, 5.41) is 6.35. The Kier molecular flexibility index (Phi) is 6.04. The van der Waals surface area contributed by atoms with E-state index in [1.165, 1.54) is 0 Å². The van der Waals surface area contributed by atoms with Crippen molar-refractivity contribution in [2.45, 2.75) is 38.5 Å². The van der Waals surface area contributed by atoms with E-state index in [1.807, 2.05) is 41.2 Å². The molecule has 5 heterocycles. The van der Waals surface area contributed by atoms with Crippen LogP contribution in [-0.4, -0.2) is 75.1 Å². The highest BCUT2D eigenvalue weighted by Gasteiger charge is 2.47. The normalized spacial score (nSPS) is 19.4. The Morgan fingerprint density at radius 2 is 1.97 bits per heavy atom. The Morgan fingerprint density at radius 3 is 2.74 bits per heavy atom. The van der Waals surface area contributed by atoms with Gasteiger partial charge in [-0.05, 0) is 58.6 Å². The molecule has 2 aliphatic rings. The number of nitrogens with zero attached hydrogens (tertiary/aromatic N) is 6. The maximum Gasteiger partial charge on any atom is 0.254 e. The highest BCUT2D eigenvalue weighted by Crippen LogP contribution is 2.37. The number of nitrogens with one attached hydrogen (secondary N) is 2. The first-order chi connectivity index (χ1) is 18.7. The Balaban J connectivity index is 1.25. The van der Waals surface area contributed by atoms with E-state index in [9.17, 15) is 4.79 Å². The summed E-state index contributed by atoms with van der Waals surface area (Å²) in [5.41, 5.74) is 5.52. The zero-order chi connectivity index (χ0) is 27.4. The molecule has 0 spiro atoms. The minimum absolute atomic E-state index is 0.0995. The number of anilines is 3. The molecule has 6 rings (SSSR count). The molecule has 1 fully saturated rings. The van der Waals surface area contributed by atoms with Crippen molar-refractivity contribution in [1.29, 1.82) is 0 Å². The van der Waals surface area contributed by atoms with E-state index in [0.717, 1.165) is 46.9 Å². The van der Waals surface area contributed by atoms with Gasteiger partial charge in [-0.3, -0.25) is 14.2 Å². The molecular formula is C29H34N8O2. The summed E-state index contributed by atoms with van der Waals surface area (Å²) < 4.78 is 8.28. The topological polar surface area (TPSA) is 99.9 Å². The fraction of sp³-hybridized carbons (Fsp3) is 0.379. The predicted octanol–water partition coefficient (Wildman–Crippen LogP) is 3.71. The van der Waals surface area contributed by atoms with Gasteiger partial charge in [0, 0.05) is 43.1 Å². The minimum Gasteiger partial charge on any atom is -0.370 e. The van der Waals surface area contributed by atoms with Crippen molar-refractivity contribution < 1.29 is 9.53 Å². The number of hydrogen-bond donors (Lipinski definition) is 2. The van der Waals surface area contributed by atoms with Gasteiger partial charge in [0.1, 0.15) is 11.4 Å². The zero-order valence-corrected chi connectivity index (χ0v) is 23.0. The third-order valence-electron chi connectivity index (χ3n) is 8.62. The van der Waals surface area contributed by atoms with Crippen LogP contribution in [0.15, 0.2) is 55.2 Å². The van der Waals surface area contributed by atoms with Crippen molar-refractivity contribution in [3.05, 3.63) is 66.4 Å². The van der Waals surface area contributed by atoms with Gasteiger partial charge in [-0.25, -0.2) is 9.97 Å². The van der Waals surface area contributed by atoms with Crippen LogP contribution in [0, 0.1) is 0 Å². The maximum absolute atomic E-state index is 12.9. The monoisotopic (exact) mass is 526 g/mol. The van der Waals surface area contributed by atoms with Crippen LogP contribution in [-0.2, 0) is 11.3 Å². The molecule has 1 aromatic carbocycles. The maximum atomic E-state index is 12.9. The summed E-state index contributed by atoms with van der Waals surface area (Å²) in [6.45, 7) is 9.31. The summed E-state index contributed by atoms with van der Waals surface area (Å²) in [6.07, 6.45) is 9.04. The molecule has 10 nitrogen and oxygen atoms in total. The van der Waals surface area contributed by atoms with Crippen molar-refractivity contribution in [3.8, 4) is 11.3 Å². The lowest BCUT2D eigenvalue weighted by Crippen LogP contribution is -2.65. The molecule has 4 aromatic rings. The summed E-state index contributed by atoms with van der Waals surface area (Å²) >= 11 is 0. The Hall–Kier alpha value is -4.02. The average molecular weight is 527 g/mol. The number of aromatic nitrogens is 4. The largest absolute Gasteiger partial charge is 0.370 e. The average Bonchev–Trinajstić information content (AvgIpc) is 3.53. The minimum atomic E-state index is -0.335. The summed E-state index contributed by atoms with van der Waals surface area (Å²) in [6, 6.07) is 8.00. The van der Waals surface area contributed by atoms with Crippen molar-refractivity contribution in [1.82, 2.24) is 29.6 Å².